The van der Waals surface area contributed by atoms with Crippen LogP contribution in [-0.2, 0) is 27.8 Å². The maximum absolute atomic E-state index is 12.5. The molecule has 0 radical (unpaired) electrons. The first-order valence-electron chi connectivity index (χ1n) is 9.52. The number of ether oxygens (including phenoxy) is 1. The number of nitrogens with zero attached hydrogens (tertiary/aromatic N) is 4. The molecule has 1 fully saturated rings. The van der Waals surface area contributed by atoms with Crippen molar-refractivity contribution < 1.29 is 13.2 Å². The molecule has 27 heavy (non-hydrogen) atoms. The third-order valence-corrected chi connectivity index (χ3v) is 6.70. The Morgan fingerprint density at radius 1 is 1.22 bits per heavy atom. The molecule has 0 amide bonds. The highest BCUT2D eigenvalue weighted by molar-refractivity contribution is 7.89. The molecule has 1 aromatic carbocycles. The quantitative estimate of drug-likeness (QED) is 0.752. The minimum Gasteiger partial charge on any atom is -0.373 e. The van der Waals surface area contributed by atoms with E-state index in [-0.39, 0.29) is 17.1 Å². The number of aryl methyl sites for hydroxylation is 1. The van der Waals surface area contributed by atoms with E-state index in [0.717, 1.165) is 49.5 Å². The Morgan fingerprint density at radius 2 is 1.89 bits per heavy atom. The van der Waals surface area contributed by atoms with Gasteiger partial charge in [0.25, 0.3) is 0 Å². The van der Waals surface area contributed by atoms with Gasteiger partial charge in [-0.1, -0.05) is 6.92 Å². The number of benzene rings is 1. The van der Waals surface area contributed by atoms with E-state index in [4.69, 9.17) is 9.72 Å². The maximum Gasteiger partial charge on any atom is 0.242 e. The van der Waals surface area contributed by atoms with Gasteiger partial charge < -0.3 is 9.30 Å². The summed E-state index contributed by atoms with van der Waals surface area (Å²) in [6.45, 7) is 9.68. The number of hydrogen-bond donors (Lipinski definition) is 0. The van der Waals surface area contributed by atoms with Gasteiger partial charge in [0.1, 0.15) is 5.82 Å². The van der Waals surface area contributed by atoms with E-state index in [1.54, 1.807) is 26.2 Å². The molecule has 1 aromatic heterocycles. The predicted molar refractivity (Wildman–Crippen MR) is 106 cm³/mol. The lowest BCUT2D eigenvalue weighted by Crippen LogP contribution is -2.45. The monoisotopic (exact) mass is 394 g/mol. The van der Waals surface area contributed by atoms with Crippen molar-refractivity contribution in [2.75, 3.05) is 27.2 Å². The highest BCUT2D eigenvalue weighted by Crippen LogP contribution is 2.24. The summed E-state index contributed by atoms with van der Waals surface area (Å²) in [4.78, 5) is 7.45. The molecule has 1 aliphatic heterocycles. The summed E-state index contributed by atoms with van der Waals surface area (Å²) in [5, 5.41) is 0. The van der Waals surface area contributed by atoms with Gasteiger partial charge in [0, 0.05) is 33.7 Å². The Balaban J connectivity index is 1.98. The lowest BCUT2D eigenvalue weighted by Gasteiger charge is -2.35. The fraction of sp³-hybridized carbons (Fsp3) is 0.632. The second-order valence-electron chi connectivity index (χ2n) is 7.57. The number of imidazole rings is 1. The number of morpholine rings is 1. The van der Waals surface area contributed by atoms with Crippen LogP contribution >= 0.6 is 0 Å². The molecule has 0 spiro atoms. The van der Waals surface area contributed by atoms with Gasteiger partial charge in [0.05, 0.1) is 34.7 Å². The molecule has 0 bridgehead atoms. The van der Waals surface area contributed by atoms with Crippen molar-refractivity contribution >= 4 is 21.1 Å². The minimum atomic E-state index is -3.47. The summed E-state index contributed by atoms with van der Waals surface area (Å²) in [6, 6.07) is 5.24. The summed E-state index contributed by atoms with van der Waals surface area (Å²) in [5.41, 5.74) is 1.72. The van der Waals surface area contributed by atoms with Gasteiger partial charge in [0.15, 0.2) is 0 Å². The fourth-order valence-electron chi connectivity index (χ4n) is 3.74. The third kappa shape index (κ3) is 4.18. The van der Waals surface area contributed by atoms with Crippen LogP contribution < -0.4 is 0 Å². The lowest BCUT2D eigenvalue weighted by atomic mass is 10.2. The molecular weight excluding hydrogens is 364 g/mol. The van der Waals surface area contributed by atoms with E-state index in [9.17, 15) is 8.42 Å². The van der Waals surface area contributed by atoms with Gasteiger partial charge >= 0.3 is 0 Å². The largest absolute Gasteiger partial charge is 0.373 e. The van der Waals surface area contributed by atoms with Gasteiger partial charge in [-0.15, -0.1) is 0 Å². The number of hydrogen-bond acceptors (Lipinski definition) is 5. The van der Waals surface area contributed by atoms with E-state index >= 15 is 0 Å². The molecule has 2 atom stereocenters. The molecule has 7 nitrogen and oxygen atoms in total. The van der Waals surface area contributed by atoms with Crippen LogP contribution in [-0.4, -0.2) is 66.6 Å². The van der Waals surface area contributed by atoms with Crippen LogP contribution in [0.5, 0.6) is 0 Å². The molecule has 0 saturated carbocycles. The molecule has 1 aliphatic rings. The third-order valence-electron chi connectivity index (χ3n) is 4.88. The van der Waals surface area contributed by atoms with Gasteiger partial charge in [-0.2, -0.15) is 0 Å². The Bertz CT molecular complexity index is 897. The molecule has 2 unspecified atom stereocenters. The van der Waals surface area contributed by atoms with E-state index in [2.05, 4.69) is 30.2 Å². The second kappa shape index (κ2) is 7.87. The van der Waals surface area contributed by atoms with E-state index in [1.165, 1.54) is 4.31 Å². The molecule has 3 rings (SSSR count). The Hall–Kier alpha value is -1.48. The fourth-order valence-corrected chi connectivity index (χ4v) is 4.66. The van der Waals surface area contributed by atoms with Crippen molar-refractivity contribution in [1.29, 1.82) is 0 Å². The maximum atomic E-state index is 12.5. The van der Waals surface area contributed by atoms with E-state index < -0.39 is 10.0 Å². The number of rotatable bonds is 6. The van der Waals surface area contributed by atoms with E-state index in [1.807, 2.05) is 6.07 Å². The first-order valence-corrected chi connectivity index (χ1v) is 11.0. The van der Waals surface area contributed by atoms with Crippen LogP contribution in [0.1, 0.15) is 33.0 Å². The molecule has 0 N–H and O–H groups in total. The summed E-state index contributed by atoms with van der Waals surface area (Å²) < 4.78 is 34.2. The zero-order valence-corrected chi connectivity index (χ0v) is 17.7. The second-order valence-corrected chi connectivity index (χ2v) is 9.72. The Labute approximate surface area is 162 Å². The topological polar surface area (TPSA) is 67.7 Å². The summed E-state index contributed by atoms with van der Waals surface area (Å²) in [5.74, 6) is 0.979. The average Bonchev–Trinajstić information content (AvgIpc) is 2.90. The van der Waals surface area contributed by atoms with Crippen LogP contribution in [0.25, 0.3) is 11.0 Å². The van der Waals surface area contributed by atoms with Gasteiger partial charge in [-0.25, -0.2) is 17.7 Å². The molecule has 2 heterocycles. The first kappa shape index (κ1) is 20.3. The van der Waals surface area contributed by atoms with Crippen molar-refractivity contribution in [2.45, 2.75) is 57.4 Å². The zero-order valence-electron chi connectivity index (χ0n) is 16.8. The molecule has 2 aromatic rings. The molecule has 8 heteroatoms. The van der Waals surface area contributed by atoms with Gasteiger partial charge in [0.2, 0.25) is 10.0 Å². The van der Waals surface area contributed by atoms with Crippen molar-refractivity contribution in [1.82, 2.24) is 18.8 Å². The van der Waals surface area contributed by atoms with Crippen LogP contribution in [0.4, 0.5) is 0 Å². The van der Waals surface area contributed by atoms with Crippen LogP contribution in [0.15, 0.2) is 23.1 Å². The Morgan fingerprint density at radius 3 is 2.48 bits per heavy atom. The number of aromatic nitrogens is 2. The molecule has 0 aliphatic carbocycles. The minimum absolute atomic E-state index is 0.203. The van der Waals surface area contributed by atoms with E-state index in [0.29, 0.717) is 0 Å². The smallest absolute Gasteiger partial charge is 0.242 e. The van der Waals surface area contributed by atoms with Crippen molar-refractivity contribution in [3.63, 3.8) is 0 Å². The van der Waals surface area contributed by atoms with Gasteiger partial charge in [-0.3, -0.25) is 4.90 Å². The number of fused-ring (bicyclic) bond motifs is 1. The highest BCUT2D eigenvalue weighted by Gasteiger charge is 2.25. The van der Waals surface area contributed by atoms with Crippen molar-refractivity contribution in [3.8, 4) is 0 Å². The number of sulfonamides is 1. The van der Waals surface area contributed by atoms with Gasteiger partial charge in [-0.05, 0) is 38.5 Å². The van der Waals surface area contributed by atoms with Crippen molar-refractivity contribution in [3.05, 3.63) is 24.0 Å². The normalized spacial score (nSPS) is 22.0. The molecule has 150 valence electrons. The zero-order chi connectivity index (χ0) is 19.8. The average molecular weight is 395 g/mol. The van der Waals surface area contributed by atoms with Crippen LogP contribution in [0, 0.1) is 0 Å². The standard InChI is InChI=1S/C19H30N4O3S/c1-6-9-23-18-8-7-16(27(24,25)21(4)5)10-17(18)20-19(23)13-22-11-14(2)26-15(3)12-22/h7-8,10,14-15H,6,9,11-13H2,1-5H3. The first-order chi connectivity index (χ1) is 12.7. The van der Waals surface area contributed by atoms with Crippen LogP contribution in [0.2, 0.25) is 0 Å². The SMILES string of the molecule is CCCn1c(CN2CC(C)OC(C)C2)nc2cc(S(=O)(=O)N(C)C)ccc21. The predicted octanol–water partition coefficient (Wildman–Crippen LogP) is 2.31. The summed E-state index contributed by atoms with van der Waals surface area (Å²) >= 11 is 0. The summed E-state index contributed by atoms with van der Waals surface area (Å²) in [6.07, 6.45) is 1.40. The highest BCUT2D eigenvalue weighted by atomic mass is 32.2. The lowest BCUT2D eigenvalue weighted by molar-refractivity contribution is -0.0712. The van der Waals surface area contributed by atoms with Crippen molar-refractivity contribution in [2.24, 2.45) is 0 Å². The molecular formula is C19H30N4O3S. The Kier molecular flexibility index (Phi) is 5.90. The summed E-state index contributed by atoms with van der Waals surface area (Å²) in [7, 11) is -0.383. The van der Waals surface area contributed by atoms with Crippen LogP contribution in [0.3, 0.4) is 0 Å². The molecule has 1 saturated heterocycles.